The fourth-order valence-electron chi connectivity index (χ4n) is 1.34. The van der Waals surface area contributed by atoms with Gasteiger partial charge < -0.3 is 14.9 Å². The Kier molecular flexibility index (Phi) is 6.60. The number of esters is 1. The molecule has 4 nitrogen and oxygen atoms in total. The predicted octanol–water partition coefficient (Wildman–Crippen LogP) is 1.49. The van der Waals surface area contributed by atoms with E-state index in [0.29, 0.717) is 18.9 Å². The second-order valence-corrected chi connectivity index (χ2v) is 4.98. The summed E-state index contributed by atoms with van der Waals surface area (Å²) in [4.78, 5) is 10.5. The van der Waals surface area contributed by atoms with Crippen molar-refractivity contribution in [3.63, 3.8) is 0 Å². The van der Waals surface area contributed by atoms with E-state index >= 15 is 0 Å². The Morgan fingerprint density at radius 2 is 1.88 bits per heavy atom. The van der Waals surface area contributed by atoms with E-state index in [9.17, 15) is 15.0 Å². The first-order valence-electron chi connectivity index (χ1n) is 5.77. The maximum Gasteiger partial charge on any atom is 0.302 e. The first-order chi connectivity index (χ1) is 7.23. The lowest BCUT2D eigenvalue weighted by Crippen LogP contribution is -2.35. The number of aliphatic hydroxyl groups excluding tert-OH is 1. The Balaban J connectivity index is 3.65. The van der Waals surface area contributed by atoms with Crippen molar-refractivity contribution in [1.82, 2.24) is 0 Å². The molecule has 0 aromatic heterocycles. The van der Waals surface area contributed by atoms with Crippen LogP contribution in [0.2, 0.25) is 0 Å². The highest BCUT2D eigenvalue weighted by molar-refractivity contribution is 5.65. The van der Waals surface area contributed by atoms with Crippen LogP contribution in [0.25, 0.3) is 0 Å². The molecule has 16 heavy (non-hydrogen) atoms. The van der Waals surface area contributed by atoms with Crippen molar-refractivity contribution in [1.29, 1.82) is 0 Å². The van der Waals surface area contributed by atoms with Crippen LogP contribution in [0.15, 0.2) is 0 Å². The van der Waals surface area contributed by atoms with Crippen molar-refractivity contribution in [2.45, 2.75) is 58.7 Å². The molecule has 0 aromatic rings. The third-order valence-electron chi connectivity index (χ3n) is 2.66. The van der Waals surface area contributed by atoms with Crippen molar-refractivity contribution in [3.05, 3.63) is 0 Å². The number of ether oxygens (including phenoxy) is 1. The van der Waals surface area contributed by atoms with Crippen LogP contribution in [0, 0.1) is 5.92 Å². The predicted molar refractivity (Wildman–Crippen MR) is 62.0 cm³/mol. The number of hydrogen-bond donors (Lipinski definition) is 2. The molecule has 0 aliphatic heterocycles. The molecule has 0 aliphatic carbocycles. The topological polar surface area (TPSA) is 66.8 Å². The van der Waals surface area contributed by atoms with Crippen molar-refractivity contribution in [2.75, 3.05) is 6.61 Å². The quantitative estimate of drug-likeness (QED) is 0.653. The molecule has 4 heteroatoms. The summed E-state index contributed by atoms with van der Waals surface area (Å²) >= 11 is 0. The van der Waals surface area contributed by atoms with Gasteiger partial charge in [-0.15, -0.1) is 0 Å². The summed E-state index contributed by atoms with van der Waals surface area (Å²) in [6.45, 7) is 7.06. The molecule has 0 fully saturated rings. The highest BCUT2D eigenvalue weighted by atomic mass is 16.5. The number of aliphatic hydroxyl groups is 2. The molecule has 0 spiro atoms. The fourth-order valence-corrected chi connectivity index (χ4v) is 1.34. The normalized spacial score (nSPS) is 15.6. The van der Waals surface area contributed by atoms with E-state index in [4.69, 9.17) is 4.74 Å². The van der Waals surface area contributed by atoms with Gasteiger partial charge in [-0.3, -0.25) is 4.79 Å². The Morgan fingerprint density at radius 3 is 2.31 bits per heavy atom. The molecule has 0 amide bonds. The molecule has 0 bridgehead atoms. The van der Waals surface area contributed by atoms with Gasteiger partial charge in [-0.1, -0.05) is 6.92 Å². The van der Waals surface area contributed by atoms with Gasteiger partial charge in [-0.05, 0) is 39.0 Å². The first kappa shape index (κ1) is 15.4. The van der Waals surface area contributed by atoms with Crippen LogP contribution in [-0.4, -0.2) is 34.5 Å². The SMILES string of the molecule is CC(=O)OCC[C@@H](C)CC[C@@H](O)C(C)(C)O. The molecule has 0 rings (SSSR count). The fraction of sp³-hybridized carbons (Fsp3) is 0.917. The molecule has 2 N–H and O–H groups in total. The van der Waals surface area contributed by atoms with Crippen molar-refractivity contribution < 1.29 is 19.7 Å². The van der Waals surface area contributed by atoms with E-state index < -0.39 is 11.7 Å². The van der Waals surface area contributed by atoms with Crippen LogP contribution in [0.3, 0.4) is 0 Å². The Morgan fingerprint density at radius 1 is 1.31 bits per heavy atom. The highest BCUT2D eigenvalue weighted by Crippen LogP contribution is 2.18. The van der Waals surface area contributed by atoms with E-state index in [1.54, 1.807) is 13.8 Å². The average Bonchev–Trinajstić information content (AvgIpc) is 2.11. The maximum atomic E-state index is 10.5. The van der Waals surface area contributed by atoms with Gasteiger partial charge in [0.25, 0.3) is 0 Å². The highest BCUT2D eigenvalue weighted by Gasteiger charge is 2.24. The van der Waals surface area contributed by atoms with Crippen LogP contribution in [0.5, 0.6) is 0 Å². The minimum Gasteiger partial charge on any atom is -0.466 e. The van der Waals surface area contributed by atoms with Gasteiger partial charge in [0, 0.05) is 6.92 Å². The lowest BCUT2D eigenvalue weighted by molar-refractivity contribution is -0.141. The smallest absolute Gasteiger partial charge is 0.302 e. The van der Waals surface area contributed by atoms with Crippen LogP contribution in [-0.2, 0) is 9.53 Å². The zero-order valence-electron chi connectivity index (χ0n) is 10.7. The molecule has 96 valence electrons. The second-order valence-electron chi connectivity index (χ2n) is 4.98. The standard InChI is InChI=1S/C12H24O4/c1-9(7-8-16-10(2)13)5-6-11(14)12(3,4)15/h9,11,14-15H,5-8H2,1-4H3/t9-,11+/m0/s1. The molecule has 0 heterocycles. The minimum atomic E-state index is -1.05. The molecular weight excluding hydrogens is 208 g/mol. The molecule has 0 aromatic carbocycles. The van der Waals surface area contributed by atoms with Crippen LogP contribution < -0.4 is 0 Å². The maximum absolute atomic E-state index is 10.5. The zero-order valence-corrected chi connectivity index (χ0v) is 10.7. The molecule has 0 saturated heterocycles. The van der Waals surface area contributed by atoms with Crippen molar-refractivity contribution >= 4 is 5.97 Å². The summed E-state index contributed by atoms with van der Waals surface area (Å²) < 4.78 is 4.84. The third kappa shape index (κ3) is 7.65. The first-order valence-corrected chi connectivity index (χ1v) is 5.77. The number of hydrogen-bond acceptors (Lipinski definition) is 4. The molecule has 0 aliphatic rings. The van der Waals surface area contributed by atoms with Gasteiger partial charge in [0.1, 0.15) is 0 Å². The molecular formula is C12H24O4. The van der Waals surface area contributed by atoms with Gasteiger partial charge in [0.15, 0.2) is 0 Å². The Bertz CT molecular complexity index is 208. The van der Waals surface area contributed by atoms with E-state index in [1.165, 1.54) is 6.92 Å². The van der Waals surface area contributed by atoms with Gasteiger partial charge in [-0.2, -0.15) is 0 Å². The number of rotatable bonds is 7. The summed E-state index contributed by atoms with van der Waals surface area (Å²) in [5.74, 6) is 0.111. The van der Waals surface area contributed by atoms with E-state index in [2.05, 4.69) is 0 Å². The molecule has 2 atom stereocenters. The molecule has 0 radical (unpaired) electrons. The Labute approximate surface area is 97.6 Å². The summed E-state index contributed by atoms with van der Waals surface area (Å²) in [6, 6.07) is 0. The second kappa shape index (κ2) is 6.86. The minimum absolute atomic E-state index is 0.260. The van der Waals surface area contributed by atoms with Gasteiger partial charge in [0.2, 0.25) is 0 Å². The summed E-state index contributed by atoms with van der Waals surface area (Å²) in [5, 5.41) is 19.1. The van der Waals surface area contributed by atoms with Crippen LogP contribution >= 0.6 is 0 Å². The third-order valence-corrected chi connectivity index (χ3v) is 2.66. The van der Waals surface area contributed by atoms with Gasteiger partial charge in [-0.25, -0.2) is 0 Å². The average molecular weight is 232 g/mol. The summed E-state index contributed by atoms with van der Waals surface area (Å²) in [7, 11) is 0. The largest absolute Gasteiger partial charge is 0.466 e. The lowest BCUT2D eigenvalue weighted by Gasteiger charge is -2.25. The van der Waals surface area contributed by atoms with Crippen LogP contribution in [0.4, 0.5) is 0 Å². The number of carbonyl (C=O) groups is 1. The summed E-state index contributed by atoms with van der Waals surface area (Å²) in [5.41, 5.74) is -1.05. The van der Waals surface area contributed by atoms with E-state index in [-0.39, 0.29) is 5.97 Å². The molecule has 0 saturated carbocycles. The number of carbonyl (C=O) groups excluding carboxylic acids is 1. The Hall–Kier alpha value is -0.610. The summed E-state index contributed by atoms with van der Waals surface area (Å²) in [6.07, 6.45) is 1.46. The van der Waals surface area contributed by atoms with Crippen molar-refractivity contribution in [2.24, 2.45) is 5.92 Å². The van der Waals surface area contributed by atoms with E-state index in [1.807, 2.05) is 6.92 Å². The molecule has 0 unspecified atom stereocenters. The lowest BCUT2D eigenvalue weighted by atomic mass is 9.93. The van der Waals surface area contributed by atoms with E-state index in [0.717, 1.165) is 12.8 Å². The monoisotopic (exact) mass is 232 g/mol. The van der Waals surface area contributed by atoms with Crippen LogP contribution in [0.1, 0.15) is 47.0 Å². The van der Waals surface area contributed by atoms with Gasteiger partial charge in [0.05, 0.1) is 18.3 Å². The zero-order chi connectivity index (χ0) is 12.8. The van der Waals surface area contributed by atoms with Crippen molar-refractivity contribution in [3.8, 4) is 0 Å². The van der Waals surface area contributed by atoms with Gasteiger partial charge >= 0.3 is 5.97 Å².